The third-order valence-corrected chi connectivity index (χ3v) is 2.30. The van der Waals surface area contributed by atoms with E-state index in [2.05, 4.69) is 0 Å². The second-order valence-electron chi connectivity index (χ2n) is 2.98. The topological polar surface area (TPSA) is 43.9 Å². The van der Waals surface area contributed by atoms with Crippen LogP contribution in [0.1, 0.15) is 0 Å². The summed E-state index contributed by atoms with van der Waals surface area (Å²) in [7, 11) is 4.82. The van der Waals surface area contributed by atoms with Crippen LogP contribution in [-0.2, 0) is 0 Å². The second-order valence-corrected chi connectivity index (χ2v) is 2.98. The molecule has 0 saturated carbocycles. The molecule has 0 aromatic rings. The zero-order chi connectivity index (χ0) is 9.46. The first kappa shape index (κ1) is 8.90. The van der Waals surface area contributed by atoms with Gasteiger partial charge in [-0.3, -0.25) is 4.90 Å². The van der Waals surface area contributed by atoms with Crippen LogP contribution in [0.2, 0.25) is 6.82 Å². The number of imide groups is 1. The lowest BCUT2D eigenvalue weighted by atomic mass is 9.75. The Morgan fingerprint density at radius 1 is 1.00 bits per heavy atom. The highest BCUT2D eigenvalue weighted by molar-refractivity contribution is 6.58. The quantitative estimate of drug-likeness (QED) is 0.484. The van der Waals surface area contributed by atoms with Crippen LogP contribution in [0.4, 0.5) is 9.59 Å². The van der Waals surface area contributed by atoms with Crippen LogP contribution in [0.3, 0.4) is 0 Å². The van der Waals surface area contributed by atoms with Crippen LogP contribution < -0.4 is 0 Å². The van der Waals surface area contributed by atoms with Crippen molar-refractivity contribution in [1.29, 1.82) is 0 Å². The molecule has 1 aliphatic rings. The minimum Gasteiger partial charge on any atom is -0.351 e. The molecule has 1 heterocycles. The van der Waals surface area contributed by atoms with Gasteiger partial charge in [-0.25, -0.2) is 9.59 Å². The van der Waals surface area contributed by atoms with Gasteiger partial charge in [-0.05, 0) is 20.9 Å². The second kappa shape index (κ2) is 2.69. The number of rotatable bonds is 0. The Labute approximate surface area is 72.0 Å². The van der Waals surface area contributed by atoms with E-state index < -0.39 is 0 Å². The zero-order valence-corrected chi connectivity index (χ0v) is 7.74. The molecule has 0 atom stereocenters. The molecule has 1 fully saturated rings. The minimum absolute atomic E-state index is 0.166. The van der Waals surface area contributed by atoms with E-state index in [9.17, 15) is 9.59 Å². The molecule has 0 aromatic heterocycles. The van der Waals surface area contributed by atoms with Crippen LogP contribution in [0.5, 0.6) is 0 Å². The normalized spacial score (nSPS) is 19.3. The molecule has 0 aromatic carbocycles. The summed E-state index contributed by atoms with van der Waals surface area (Å²) < 4.78 is 0. The standard InChI is InChI=1S/C6H12BN3O2/c1-7-9(3)5(11)8(2)6(12)10(7)4/h1-4H3. The third kappa shape index (κ3) is 1.03. The SMILES string of the molecule is CB1N(C)C(=O)N(C)C(=O)N1C. The first-order valence-corrected chi connectivity index (χ1v) is 3.74. The molecule has 0 N–H and O–H groups in total. The first-order chi connectivity index (χ1) is 5.46. The number of carbonyl (C=O) groups is 2. The number of amides is 4. The molecule has 1 saturated heterocycles. The molecule has 66 valence electrons. The van der Waals surface area contributed by atoms with Crippen molar-refractivity contribution in [2.24, 2.45) is 0 Å². The maximum absolute atomic E-state index is 11.3. The van der Waals surface area contributed by atoms with E-state index in [1.807, 2.05) is 6.82 Å². The summed E-state index contributed by atoms with van der Waals surface area (Å²) in [5.74, 6) is 0. The number of carbonyl (C=O) groups excluding carboxylic acids is 2. The monoisotopic (exact) mass is 169 g/mol. The van der Waals surface area contributed by atoms with Gasteiger partial charge >= 0.3 is 19.0 Å². The van der Waals surface area contributed by atoms with Gasteiger partial charge in [-0.15, -0.1) is 0 Å². The molecule has 6 heteroatoms. The van der Waals surface area contributed by atoms with E-state index in [0.29, 0.717) is 0 Å². The summed E-state index contributed by atoms with van der Waals surface area (Å²) in [5.41, 5.74) is 0. The van der Waals surface area contributed by atoms with Gasteiger partial charge < -0.3 is 9.62 Å². The molecule has 12 heavy (non-hydrogen) atoms. The van der Waals surface area contributed by atoms with Crippen molar-refractivity contribution in [3.8, 4) is 0 Å². The van der Waals surface area contributed by atoms with Crippen molar-refractivity contribution >= 4 is 19.0 Å². The molecule has 0 unspecified atom stereocenters. The largest absolute Gasteiger partial charge is 0.379 e. The maximum Gasteiger partial charge on any atom is 0.379 e. The molecule has 5 nitrogen and oxygen atoms in total. The molecular formula is C6H12BN3O2. The fourth-order valence-electron chi connectivity index (χ4n) is 1.13. The Morgan fingerprint density at radius 3 is 1.67 bits per heavy atom. The van der Waals surface area contributed by atoms with Gasteiger partial charge in [0, 0.05) is 7.05 Å². The summed E-state index contributed by atoms with van der Waals surface area (Å²) in [6, 6.07) is -0.517. The lowest BCUT2D eigenvalue weighted by molar-refractivity contribution is 0.163. The van der Waals surface area contributed by atoms with E-state index in [-0.39, 0.29) is 19.0 Å². The predicted octanol–water partition coefficient (Wildman–Crippen LogP) is 0.153. The minimum atomic E-state index is -0.259. The van der Waals surface area contributed by atoms with Gasteiger partial charge in [0.1, 0.15) is 0 Å². The molecule has 1 aliphatic heterocycles. The zero-order valence-electron chi connectivity index (χ0n) is 7.74. The lowest BCUT2D eigenvalue weighted by Crippen LogP contribution is -2.64. The Morgan fingerprint density at radius 2 is 1.33 bits per heavy atom. The molecule has 0 radical (unpaired) electrons. The van der Waals surface area contributed by atoms with E-state index in [0.717, 1.165) is 4.90 Å². The maximum atomic E-state index is 11.3. The van der Waals surface area contributed by atoms with Crippen molar-refractivity contribution in [2.45, 2.75) is 6.82 Å². The third-order valence-electron chi connectivity index (χ3n) is 2.30. The highest BCUT2D eigenvalue weighted by Gasteiger charge is 2.38. The van der Waals surface area contributed by atoms with Gasteiger partial charge in [0.15, 0.2) is 0 Å². The summed E-state index contributed by atoms with van der Waals surface area (Å²) in [4.78, 5) is 26.7. The van der Waals surface area contributed by atoms with Crippen LogP contribution >= 0.6 is 0 Å². The van der Waals surface area contributed by atoms with E-state index in [1.54, 1.807) is 14.1 Å². The van der Waals surface area contributed by atoms with Crippen LogP contribution in [-0.4, -0.2) is 54.7 Å². The van der Waals surface area contributed by atoms with Crippen LogP contribution in [0, 0.1) is 0 Å². The molecular weight excluding hydrogens is 157 g/mol. The van der Waals surface area contributed by atoms with Crippen molar-refractivity contribution in [2.75, 3.05) is 21.1 Å². The number of hydrogen-bond acceptors (Lipinski definition) is 2. The van der Waals surface area contributed by atoms with Gasteiger partial charge in [0.2, 0.25) is 0 Å². The molecule has 0 spiro atoms. The molecule has 0 aliphatic carbocycles. The van der Waals surface area contributed by atoms with E-state index in [4.69, 9.17) is 0 Å². The van der Waals surface area contributed by atoms with Crippen molar-refractivity contribution in [3.63, 3.8) is 0 Å². The van der Waals surface area contributed by atoms with E-state index in [1.165, 1.54) is 16.7 Å². The molecule has 4 amide bonds. The van der Waals surface area contributed by atoms with Gasteiger partial charge in [-0.2, -0.15) is 0 Å². The van der Waals surface area contributed by atoms with Crippen LogP contribution in [0.15, 0.2) is 0 Å². The summed E-state index contributed by atoms with van der Waals surface area (Å²) in [6.45, 7) is 1.64. The summed E-state index contributed by atoms with van der Waals surface area (Å²) in [5, 5.41) is 0. The van der Waals surface area contributed by atoms with Gasteiger partial charge in [0.05, 0.1) is 0 Å². The summed E-state index contributed by atoms with van der Waals surface area (Å²) >= 11 is 0. The number of hydrogen-bond donors (Lipinski definition) is 0. The smallest absolute Gasteiger partial charge is 0.351 e. The van der Waals surface area contributed by atoms with Crippen LogP contribution in [0.25, 0.3) is 0 Å². The van der Waals surface area contributed by atoms with E-state index >= 15 is 0 Å². The number of urea groups is 2. The molecule has 1 rings (SSSR count). The lowest BCUT2D eigenvalue weighted by Gasteiger charge is -2.39. The Balaban J connectivity index is 2.91. The first-order valence-electron chi connectivity index (χ1n) is 3.74. The predicted molar refractivity (Wildman–Crippen MR) is 45.7 cm³/mol. The Hall–Kier alpha value is -1.20. The van der Waals surface area contributed by atoms with Crippen molar-refractivity contribution < 1.29 is 9.59 Å². The fraction of sp³-hybridized carbons (Fsp3) is 0.667. The Kier molecular flexibility index (Phi) is 2.00. The molecule has 0 bridgehead atoms. The summed E-state index contributed by atoms with van der Waals surface area (Å²) in [6.07, 6.45) is 0. The fourth-order valence-corrected chi connectivity index (χ4v) is 1.13. The highest BCUT2D eigenvalue weighted by atomic mass is 16.2. The van der Waals surface area contributed by atoms with Crippen molar-refractivity contribution in [1.82, 2.24) is 14.5 Å². The van der Waals surface area contributed by atoms with Crippen molar-refractivity contribution in [3.05, 3.63) is 0 Å². The van der Waals surface area contributed by atoms with Gasteiger partial charge in [-0.1, -0.05) is 0 Å². The Bertz CT molecular complexity index is 211. The average Bonchev–Trinajstić information content (AvgIpc) is 2.08. The number of nitrogens with zero attached hydrogens (tertiary/aromatic N) is 3. The van der Waals surface area contributed by atoms with Gasteiger partial charge in [0.25, 0.3) is 0 Å². The highest BCUT2D eigenvalue weighted by Crippen LogP contribution is 2.10. The average molecular weight is 169 g/mol.